The van der Waals surface area contributed by atoms with Gasteiger partial charge in [0.25, 0.3) is 0 Å². The first kappa shape index (κ1) is 27.5. The van der Waals surface area contributed by atoms with Gasteiger partial charge in [0.15, 0.2) is 5.78 Å². The number of carbonyl (C=O) groups is 2. The average Bonchev–Trinajstić information content (AvgIpc) is 2.81. The third-order valence-electron chi connectivity index (χ3n) is 5.66. The van der Waals surface area contributed by atoms with E-state index in [9.17, 15) is 19.1 Å². The maximum absolute atomic E-state index is 13.1. The Bertz CT molecular complexity index is 1230. The van der Waals surface area contributed by atoms with Crippen LogP contribution in [0.2, 0.25) is 10.0 Å². The SMILES string of the molecule is O=C(CCCc1ccc(F)cc1Cl)c1ccc(Oc2cc3c(cc2Cl)C(C(=O)[O-])CCO3)cc1.[Na+]. The van der Waals surface area contributed by atoms with Crippen LogP contribution < -0.4 is 44.1 Å². The Balaban J connectivity index is 0.00000342. The number of ether oxygens (including phenoxy) is 2. The van der Waals surface area contributed by atoms with Gasteiger partial charge < -0.3 is 19.4 Å². The maximum atomic E-state index is 13.1. The average molecular weight is 525 g/mol. The summed E-state index contributed by atoms with van der Waals surface area (Å²) in [6.45, 7) is 0.261. The largest absolute Gasteiger partial charge is 1.00 e. The van der Waals surface area contributed by atoms with E-state index in [0.29, 0.717) is 59.1 Å². The van der Waals surface area contributed by atoms with Crippen LogP contribution in [0.25, 0.3) is 0 Å². The molecule has 0 aliphatic carbocycles. The van der Waals surface area contributed by atoms with Gasteiger partial charge in [-0.3, -0.25) is 4.79 Å². The van der Waals surface area contributed by atoms with Crippen LogP contribution in [0.1, 0.15) is 46.7 Å². The van der Waals surface area contributed by atoms with Crippen LogP contribution in [0.3, 0.4) is 0 Å². The van der Waals surface area contributed by atoms with Crippen molar-refractivity contribution in [2.75, 3.05) is 6.61 Å². The van der Waals surface area contributed by atoms with Crippen molar-refractivity contribution in [1.29, 1.82) is 0 Å². The fraction of sp³-hybridized carbons (Fsp3) is 0.231. The van der Waals surface area contributed by atoms with Crippen LogP contribution in [0.15, 0.2) is 54.6 Å². The molecule has 1 heterocycles. The topological polar surface area (TPSA) is 75.7 Å². The summed E-state index contributed by atoms with van der Waals surface area (Å²) in [5, 5.41) is 12.0. The Morgan fingerprint density at radius 1 is 1.06 bits per heavy atom. The second-order valence-corrected chi connectivity index (χ2v) is 8.78. The molecule has 1 aliphatic heterocycles. The third kappa shape index (κ3) is 6.78. The molecule has 1 aliphatic rings. The molecule has 0 fully saturated rings. The van der Waals surface area contributed by atoms with E-state index in [0.717, 1.165) is 5.56 Å². The van der Waals surface area contributed by atoms with Gasteiger partial charge in [0.05, 0.1) is 11.6 Å². The fourth-order valence-corrected chi connectivity index (χ4v) is 4.33. The minimum atomic E-state index is -1.17. The van der Waals surface area contributed by atoms with Crippen molar-refractivity contribution in [3.05, 3.63) is 87.2 Å². The van der Waals surface area contributed by atoms with Gasteiger partial charge in [-0.15, -0.1) is 0 Å². The van der Waals surface area contributed by atoms with Gasteiger partial charge in [-0.05, 0) is 67.3 Å². The van der Waals surface area contributed by atoms with Crippen molar-refractivity contribution in [1.82, 2.24) is 0 Å². The van der Waals surface area contributed by atoms with Crippen molar-refractivity contribution >= 4 is 35.0 Å². The molecule has 0 saturated carbocycles. The normalized spacial score (nSPS) is 14.3. The molecule has 176 valence electrons. The maximum Gasteiger partial charge on any atom is 1.00 e. The van der Waals surface area contributed by atoms with Gasteiger partial charge in [0.2, 0.25) is 0 Å². The minimum Gasteiger partial charge on any atom is -0.549 e. The molecular formula is C26H20Cl2FNaO5. The smallest absolute Gasteiger partial charge is 0.549 e. The van der Waals surface area contributed by atoms with Gasteiger partial charge in [-0.25, -0.2) is 4.39 Å². The summed E-state index contributed by atoms with van der Waals surface area (Å²) < 4.78 is 24.5. The fourth-order valence-electron chi connectivity index (χ4n) is 3.86. The number of hydrogen-bond donors (Lipinski definition) is 0. The minimum absolute atomic E-state index is 0. The number of halogens is 3. The van der Waals surface area contributed by atoms with E-state index in [1.54, 1.807) is 36.4 Å². The first-order valence-corrected chi connectivity index (χ1v) is 11.5. The number of fused-ring (bicyclic) bond motifs is 1. The summed E-state index contributed by atoms with van der Waals surface area (Å²) in [5.41, 5.74) is 1.80. The Kier molecular flexibility index (Phi) is 9.62. The van der Waals surface area contributed by atoms with Crippen LogP contribution in [0, 0.1) is 5.82 Å². The van der Waals surface area contributed by atoms with Gasteiger partial charge >= 0.3 is 29.6 Å². The summed E-state index contributed by atoms with van der Waals surface area (Å²) in [5.74, 6) is -1.20. The Morgan fingerprint density at radius 2 is 1.80 bits per heavy atom. The number of rotatable bonds is 8. The number of ketones is 1. The van der Waals surface area contributed by atoms with E-state index in [4.69, 9.17) is 32.7 Å². The first-order chi connectivity index (χ1) is 16.3. The molecule has 0 saturated heterocycles. The predicted molar refractivity (Wildman–Crippen MR) is 125 cm³/mol. The van der Waals surface area contributed by atoms with Crippen LogP contribution in [0.4, 0.5) is 4.39 Å². The number of carboxylic acids is 1. The van der Waals surface area contributed by atoms with E-state index in [1.807, 2.05) is 0 Å². The van der Waals surface area contributed by atoms with Gasteiger partial charge in [-0.2, -0.15) is 0 Å². The van der Waals surface area contributed by atoms with Crippen LogP contribution in [-0.2, 0) is 11.2 Å². The van der Waals surface area contributed by atoms with Gasteiger partial charge in [-0.1, -0.05) is 29.3 Å². The molecule has 0 N–H and O–H groups in total. The molecule has 0 amide bonds. The Hall–Kier alpha value is -2.09. The summed E-state index contributed by atoms with van der Waals surface area (Å²) in [7, 11) is 0. The molecule has 4 rings (SSSR count). The second-order valence-electron chi connectivity index (χ2n) is 7.97. The van der Waals surface area contributed by atoms with Crippen molar-refractivity contribution in [2.45, 2.75) is 31.6 Å². The molecule has 5 nitrogen and oxygen atoms in total. The number of hydrogen-bond acceptors (Lipinski definition) is 5. The summed E-state index contributed by atoms with van der Waals surface area (Å²) in [4.78, 5) is 23.9. The zero-order valence-corrected chi connectivity index (χ0v) is 22.5. The number of Topliss-reactive ketones (excluding diaryl/α,β-unsaturated/α-hetero) is 1. The molecule has 0 radical (unpaired) electrons. The van der Waals surface area contributed by atoms with E-state index >= 15 is 0 Å². The molecule has 3 aromatic carbocycles. The van der Waals surface area contributed by atoms with E-state index in [1.165, 1.54) is 18.2 Å². The molecule has 0 bridgehead atoms. The van der Waals surface area contributed by atoms with E-state index < -0.39 is 17.7 Å². The number of carboxylic acid groups (broad SMARTS) is 1. The molecule has 0 aromatic heterocycles. The second kappa shape index (κ2) is 12.2. The van der Waals surface area contributed by atoms with Crippen LogP contribution >= 0.6 is 23.2 Å². The standard InChI is InChI=1S/C26H21Cl2FO5.Na/c27-21-12-17(29)7-4-15(21)2-1-3-23(30)16-5-8-18(9-6-16)34-25-14-24-20(13-22(25)28)19(26(31)32)10-11-33-24;/h4-9,12-14,19H,1-3,10-11H2,(H,31,32);/q;+1/p-1. The van der Waals surface area contributed by atoms with E-state index in [-0.39, 0.29) is 47.0 Å². The summed E-state index contributed by atoms with van der Waals surface area (Å²) in [6, 6.07) is 14.0. The predicted octanol–water partition coefficient (Wildman–Crippen LogP) is 2.75. The monoisotopic (exact) mass is 524 g/mol. The van der Waals surface area contributed by atoms with Crippen LogP contribution in [-0.4, -0.2) is 18.4 Å². The summed E-state index contributed by atoms with van der Waals surface area (Å²) >= 11 is 12.3. The van der Waals surface area contributed by atoms with Crippen molar-refractivity contribution in [3.8, 4) is 17.2 Å². The van der Waals surface area contributed by atoms with Crippen molar-refractivity contribution in [3.63, 3.8) is 0 Å². The number of carbonyl (C=O) groups excluding carboxylic acids is 2. The van der Waals surface area contributed by atoms with Gasteiger partial charge in [0.1, 0.15) is 23.1 Å². The summed E-state index contributed by atoms with van der Waals surface area (Å²) in [6.07, 6.45) is 1.80. The van der Waals surface area contributed by atoms with Gasteiger partial charge in [0, 0.05) is 40.5 Å². The zero-order chi connectivity index (χ0) is 24.2. The van der Waals surface area contributed by atoms with Crippen molar-refractivity contribution < 1.29 is 58.1 Å². The molecule has 9 heteroatoms. The van der Waals surface area contributed by atoms with Crippen LogP contribution in [0.5, 0.6) is 17.2 Å². The van der Waals surface area contributed by atoms with Crippen molar-refractivity contribution in [2.24, 2.45) is 0 Å². The quantitative estimate of drug-likeness (QED) is 0.334. The third-order valence-corrected chi connectivity index (χ3v) is 6.30. The molecule has 1 atom stereocenters. The number of aryl methyl sites for hydroxylation is 1. The Morgan fingerprint density at radius 3 is 2.49 bits per heavy atom. The first-order valence-electron chi connectivity index (χ1n) is 10.7. The Labute approximate surface area is 234 Å². The number of benzene rings is 3. The molecule has 35 heavy (non-hydrogen) atoms. The zero-order valence-electron chi connectivity index (χ0n) is 19.0. The molecule has 0 spiro atoms. The number of aliphatic carboxylic acids is 1. The van der Waals surface area contributed by atoms with E-state index in [2.05, 4.69) is 0 Å². The molecule has 3 aromatic rings. The molecular weight excluding hydrogens is 505 g/mol. The molecule has 1 unspecified atom stereocenters.